The van der Waals surface area contributed by atoms with Crippen LogP contribution in [0, 0.1) is 5.82 Å². The third-order valence-electron chi connectivity index (χ3n) is 2.62. The molecule has 0 saturated carbocycles. The summed E-state index contributed by atoms with van der Waals surface area (Å²) in [7, 11) is 0. The quantitative estimate of drug-likeness (QED) is 0.610. The van der Waals surface area contributed by atoms with Gasteiger partial charge in [0.2, 0.25) is 0 Å². The molecule has 0 radical (unpaired) electrons. The van der Waals surface area contributed by atoms with Gasteiger partial charge in [-0.15, -0.1) is 5.46 Å². The minimum atomic E-state index is -5.07. The van der Waals surface area contributed by atoms with Crippen molar-refractivity contribution in [1.82, 2.24) is 0 Å². The number of benzene rings is 2. The Morgan fingerprint density at radius 1 is 0.895 bits per heavy atom. The van der Waals surface area contributed by atoms with Gasteiger partial charge in [-0.2, -0.15) is 0 Å². The first-order valence-corrected chi connectivity index (χ1v) is 5.63. The number of rotatable bonds is 4. The van der Waals surface area contributed by atoms with Crippen molar-refractivity contribution in [2.45, 2.75) is 6.61 Å². The van der Waals surface area contributed by atoms with Crippen molar-refractivity contribution >= 4 is 12.4 Å². The Labute approximate surface area is 107 Å². The maximum absolute atomic E-state index is 12.8. The average molecular weight is 269 g/mol. The van der Waals surface area contributed by atoms with E-state index < -0.39 is 18.3 Å². The van der Waals surface area contributed by atoms with Crippen LogP contribution in [0.25, 0.3) is 0 Å². The Morgan fingerprint density at radius 2 is 1.53 bits per heavy atom. The van der Waals surface area contributed by atoms with E-state index in [1.165, 1.54) is 42.5 Å². The molecular weight excluding hydrogens is 259 g/mol. The molecule has 100 valence electrons. The zero-order valence-electron chi connectivity index (χ0n) is 9.82. The molecular formula is C13H10BF4O-. The maximum Gasteiger partial charge on any atom is 0.510 e. The van der Waals surface area contributed by atoms with Crippen LogP contribution in [0.5, 0.6) is 5.75 Å². The average Bonchev–Trinajstić information content (AvgIpc) is 2.37. The minimum Gasteiger partial charge on any atom is -0.489 e. The van der Waals surface area contributed by atoms with Crippen LogP contribution in [0.3, 0.4) is 0 Å². The van der Waals surface area contributed by atoms with Gasteiger partial charge in [0.05, 0.1) is 0 Å². The van der Waals surface area contributed by atoms with Gasteiger partial charge in [0, 0.05) is 0 Å². The first-order valence-electron chi connectivity index (χ1n) is 5.63. The summed E-state index contributed by atoms with van der Waals surface area (Å²) < 4.78 is 56.2. The summed E-state index contributed by atoms with van der Waals surface area (Å²) in [6.07, 6.45) is 0. The van der Waals surface area contributed by atoms with E-state index in [0.29, 0.717) is 5.75 Å². The van der Waals surface area contributed by atoms with E-state index in [0.717, 1.165) is 6.07 Å². The number of ether oxygens (including phenoxy) is 1. The van der Waals surface area contributed by atoms with Crippen molar-refractivity contribution in [2.24, 2.45) is 0 Å². The lowest BCUT2D eigenvalue weighted by atomic mass is 9.77. The van der Waals surface area contributed by atoms with Crippen LogP contribution >= 0.6 is 0 Å². The van der Waals surface area contributed by atoms with Crippen LogP contribution in [0.2, 0.25) is 0 Å². The molecule has 0 aromatic heterocycles. The van der Waals surface area contributed by atoms with Gasteiger partial charge in [0.15, 0.2) is 0 Å². The highest BCUT2D eigenvalue weighted by Gasteiger charge is 2.27. The molecule has 0 bridgehead atoms. The van der Waals surface area contributed by atoms with Crippen molar-refractivity contribution in [3.8, 4) is 5.75 Å². The van der Waals surface area contributed by atoms with Crippen LogP contribution in [-0.4, -0.2) is 6.98 Å². The molecule has 6 heteroatoms. The fraction of sp³-hybridized carbons (Fsp3) is 0.0769. The van der Waals surface area contributed by atoms with Gasteiger partial charge < -0.3 is 17.7 Å². The Bertz CT molecular complexity index is 551. The Hall–Kier alpha value is -1.98. The normalized spacial score (nSPS) is 11.4. The van der Waals surface area contributed by atoms with Crippen molar-refractivity contribution in [1.29, 1.82) is 0 Å². The topological polar surface area (TPSA) is 9.23 Å². The monoisotopic (exact) mass is 269 g/mol. The highest BCUT2D eigenvalue weighted by Crippen LogP contribution is 2.16. The molecule has 2 rings (SSSR count). The molecule has 0 unspecified atom stereocenters. The molecule has 0 spiro atoms. The van der Waals surface area contributed by atoms with E-state index in [-0.39, 0.29) is 12.2 Å². The van der Waals surface area contributed by atoms with E-state index in [1.807, 2.05) is 0 Å². The predicted molar refractivity (Wildman–Crippen MR) is 65.9 cm³/mol. The summed E-state index contributed by atoms with van der Waals surface area (Å²) in [5.41, 5.74) is -0.594. The zero-order chi connectivity index (χ0) is 13.9. The third kappa shape index (κ3) is 3.50. The van der Waals surface area contributed by atoms with Crippen molar-refractivity contribution in [2.75, 3.05) is 0 Å². The Kier molecular flexibility index (Phi) is 3.78. The summed E-state index contributed by atoms with van der Waals surface area (Å²) in [4.78, 5) is 0. The molecule has 2 aromatic carbocycles. The second-order valence-corrected chi connectivity index (χ2v) is 4.02. The summed E-state index contributed by atoms with van der Waals surface area (Å²) in [6, 6.07) is 10.4. The van der Waals surface area contributed by atoms with Crippen molar-refractivity contribution in [3.05, 3.63) is 59.9 Å². The molecule has 0 fully saturated rings. The third-order valence-corrected chi connectivity index (χ3v) is 2.62. The molecule has 0 N–H and O–H groups in total. The second-order valence-electron chi connectivity index (χ2n) is 4.02. The molecule has 1 nitrogen and oxygen atoms in total. The first-order chi connectivity index (χ1) is 8.97. The van der Waals surface area contributed by atoms with E-state index >= 15 is 0 Å². The van der Waals surface area contributed by atoms with Gasteiger partial charge in [-0.1, -0.05) is 24.3 Å². The van der Waals surface area contributed by atoms with Gasteiger partial charge in [-0.3, -0.25) is 0 Å². The fourth-order valence-electron chi connectivity index (χ4n) is 1.68. The molecule has 0 atom stereocenters. The van der Waals surface area contributed by atoms with Gasteiger partial charge in [0.25, 0.3) is 0 Å². The lowest BCUT2D eigenvalue weighted by Crippen LogP contribution is -2.37. The van der Waals surface area contributed by atoms with Crippen LogP contribution in [0.1, 0.15) is 5.56 Å². The molecule has 0 heterocycles. The second kappa shape index (κ2) is 5.34. The number of hydrogen-bond acceptors (Lipinski definition) is 1. The fourth-order valence-corrected chi connectivity index (χ4v) is 1.68. The first kappa shape index (κ1) is 13.5. The van der Waals surface area contributed by atoms with E-state index in [9.17, 15) is 17.3 Å². The minimum absolute atomic E-state index is 0.0688. The lowest BCUT2D eigenvalue weighted by molar-refractivity contribution is 0.306. The smallest absolute Gasteiger partial charge is 0.489 e. The van der Waals surface area contributed by atoms with Crippen LogP contribution in [0.15, 0.2) is 48.5 Å². The lowest BCUT2D eigenvalue weighted by Gasteiger charge is -2.19. The highest BCUT2D eigenvalue weighted by atomic mass is 19.4. The van der Waals surface area contributed by atoms with E-state index in [1.54, 1.807) is 0 Å². The Balaban J connectivity index is 2.14. The number of halogens is 4. The molecule has 19 heavy (non-hydrogen) atoms. The predicted octanol–water partition coefficient (Wildman–Crippen LogP) is 3.46. The van der Waals surface area contributed by atoms with Crippen LogP contribution in [0.4, 0.5) is 17.3 Å². The summed E-state index contributed by atoms with van der Waals surface area (Å²) in [5.74, 6) is -0.0998. The standard InChI is InChI=1S/C13H10BF4O/c15-11-5-7-12(8-6-11)19-9-10-3-1-2-4-13(10)14(16,17)18/h1-8H,9H2/q-1. The zero-order valence-corrected chi connectivity index (χ0v) is 9.82. The summed E-state index contributed by atoms with van der Waals surface area (Å²) >= 11 is 0. The molecule has 0 amide bonds. The summed E-state index contributed by atoms with van der Waals surface area (Å²) in [5, 5.41) is 0. The molecule has 0 aliphatic heterocycles. The largest absolute Gasteiger partial charge is 0.510 e. The van der Waals surface area contributed by atoms with Crippen molar-refractivity contribution < 1.29 is 22.1 Å². The molecule has 0 saturated heterocycles. The SMILES string of the molecule is Fc1ccc(OCc2ccccc2[B-](F)(F)F)cc1. The highest BCUT2D eigenvalue weighted by molar-refractivity contribution is 6.74. The molecule has 2 aromatic rings. The summed E-state index contributed by atoms with van der Waals surface area (Å²) in [6.45, 7) is -5.27. The van der Waals surface area contributed by atoms with Gasteiger partial charge >= 0.3 is 6.98 Å². The molecule has 0 aliphatic rings. The van der Waals surface area contributed by atoms with Crippen LogP contribution < -0.4 is 10.2 Å². The van der Waals surface area contributed by atoms with Gasteiger partial charge in [-0.25, -0.2) is 4.39 Å². The van der Waals surface area contributed by atoms with E-state index in [4.69, 9.17) is 4.74 Å². The van der Waals surface area contributed by atoms with Crippen LogP contribution in [-0.2, 0) is 6.61 Å². The van der Waals surface area contributed by atoms with Gasteiger partial charge in [0.1, 0.15) is 18.2 Å². The van der Waals surface area contributed by atoms with Crippen molar-refractivity contribution in [3.63, 3.8) is 0 Å². The maximum atomic E-state index is 12.8. The van der Waals surface area contributed by atoms with Gasteiger partial charge in [-0.05, 0) is 29.8 Å². The Morgan fingerprint density at radius 3 is 2.16 bits per heavy atom. The van der Waals surface area contributed by atoms with E-state index in [2.05, 4.69) is 0 Å². The molecule has 0 aliphatic carbocycles. The number of hydrogen-bond donors (Lipinski definition) is 0.